The second kappa shape index (κ2) is 8.08. The quantitative estimate of drug-likeness (QED) is 0.851. The zero-order chi connectivity index (χ0) is 17.5. The predicted molar refractivity (Wildman–Crippen MR) is 85.8 cm³/mol. The third-order valence-corrected chi connectivity index (χ3v) is 3.99. The maximum absolute atomic E-state index is 8.12. The van der Waals surface area contributed by atoms with Gasteiger partial charge in [0, 0.05) is 6.54 Å². The van der Waals surface area contributed by atoms with Gasteiger partial charge in [-0.05, 0) is 29.7 Å². The molecule has 2 aromatic rings. The van der Waals surface area contributed by atoms with Crippen molar-refractivity contribution in [1.29, 1.82) is 0 Å². The number of anilines is 1. The molecule has 0 saturated carbocycles. The van der Waals surface area contributed by atoms with Gasteiger partial charge in [0.15, 0.2) is 11.5 Å². The van der Waals surface area contributed by atoms with Gasteiger partial charge in [0.1, 0.15) is 6.33 Å². The van der Waals surface area contributed by atoms with Crippen LogP contribution in [0, 0.1) is 0 Å². The third kappa shape index (κ3) is 3.36. The summed E-state index contributed by atoms with van der Waals surface area (Å²) in [6.45, 7) is 3.02. The maximum atomic E-state index is 8.12. The highest BCUT2D eigenvalue weighted by Gasteiger charge is 2.31. The fraction of sp³-hybridized carbons (Fsp3) is 0.353. The van der Waals surface area contributed by atoms with E-state index in [4.69, 9.17) is 19.1 Å². The van der Waals surface area contributed by atoms with Crippen LogP contribution in [0.2, 0.25) is 0 Å². The molecule has 0 radical (unpaired) electrons. The van der Waals surface area contributed by atoms with Crippen LogP contribution in [-0.2, 0) is 16.1 Å². The van der Waals surface area contributed by atoms with Crippen molar-refractivity contribution in [2.24, 2.45) is 0 Å². The minimum Gasteiger partial charge on any atom is -0.493 e. The van der Waals surface area contributed by atoms with Gasteiger partial charge in [-0.2, -0.15) is 9.59 Å². The van der Waals surface area contributed by atoms with Gasteiger partial charge in [0.25, 0.3) is 0 Å². The van der Waals surface area contributed by atoms with Crippen LogP contribution < -0.4 is 14.4 Å². The van der Waals surface area contributed by atoms with Crippen molar-refractivity contribution < 1.29 is 19.1 Å². The van der Waals surface area contributed by atoms with E-state index < -0.39 is 0 Å². The normalized spacial score (nSPS) is 15.0. The van der Waals surface area contributed by atoms with Gasteiger partial charge in [-0.25, -0.2) is 9.97 Å². The van der Waals surface area contributed by atoms with Crippen molar-refractivity contribution in [2.45, 2.75) is 25.9 Å². The molecule has 0 fully saturated rings. The Kier molecular flexibility index (Phi) is 5.87. The largest absolute Gasteiger partial charge is 0.493 e. The highest BCUT2D eigenvalue weighted by atomic mass is 16.5. The molecule has 24 heavy (non-hydrogen) atoms. The molecule has 7 nitrogen and oxygen atoms in total. The number of carbonyl (C=O) groups excluding carboxylic acids is 2. The first-order valence-electron chi connectivity index (χ1n) is 7.45. The van der Waals surface area contributed by atoms with Crippen LogP contribution in [0.25, 0.3) is 0 Å². The first-order chi connectivity index (χ1) is 11.7. The molecule has 7 heteroatoms. The van der Waals surface area contributed by atoms with Crippen molar-refractivity contribution in [3.05, 3.63) is 42.0 Å². The van der Waals surface area contributed by atoms with Crippen LogP contribution >= 0.6 is 0 Å². The lowest BCUT2D eigenvalue weighted by atomic mass is 10.0. The standard InChI is InChI=1S/C16H19N3O2.CO2/c1-4-14-13-6-16(21-3)15(20-2)5-11(13)9-19(14)12-7-17-10-18-8-12;2-1-3/h5-8,10,14H,4,9H2,1-3H3;. The molecule has 0 spiro atoms. The molecule has 1 aliphatic rings. The van der Waals surface area contributed by atoms with E-state index in [2.05, 4.69) is 33.9 Å². The second-order valence-corrected chi connectivity index (χ2v) is 5.14. The number of hydrogen-bond acceptors (Lipinski definition) is 7. The number of benzene rings is 1. The van der Waals surface area contributed by atoms with Crippen LogP contribution in [0.1, 0.15) is 30.5 Å². The number of aromatic nitrogens is 2. The predicted octanol–water partition coefficient (Wildman–Crippen LogP) is 2.38. The van der Waals surface area contributed by atoms with Crippen LogP contribution in [-0.4, -0.2) is 30.3 Å². The first kappa shape index (κ1) is 17.4. The fourth-order valence-electron chi connectivity index (χ4n) is 3.00. The van der Waals surface area contributed by atoms with E-state index in [1.165, 1.54) is 11.1 Å². The maximum Gasteiger partial charge on any atom is 0.373 e. The number of ether oxygens (including phenoxy) is 2. The molecule has 1 aliphatic heterocycles. The summed E-state index contributed by atoms with van der Waals surface area (Å²) < 4.78 is 10.8. The van der Waals surface area contributed by atoms with Crippen molar-refractivity contribution >= 4 is 11.8 Å². The molecule has 0 N–H and O–H groups in total. The average molecular weight is 329 g/mol. The highest BCUT2D eigenvalue weighted by Crippen LogP contribution is 2.43. The summed E-state index contributed by atoms with van der Waals surface area (Å²) in [5.41, 5.74) is 3.60. The van der Waals surface area contributed by atoms with Crippen molar-refractivity contribution in [2.75, 3.05) is 19.1 Å². The summed E-state index contributed by atoms with van der Waals surface area (Å²) in [6.07, 6.45) is 6.53. The number of fused-ring (bicyclic) bond motifs is 1. The molecule has 1 atom stereocenters. The molecule has 0 saturated heterocycles. The average Bonchev–Trinajstić information content (AvgIpc) is 2.99. The lowest BCUT2D eigenvalue weighted by molar-refractivity contribution is -0.191. The molecule has 0 aliphatic carbocycles. The Labute approximate surface area is 140 Å². The molecule has 3 rings (SSSR count). The monoisotopic (exact) mass is 329 g/mol. The number of methoxy groups -OCH3 is 2. The van der Waals surface area contributed by atoms with Gasteiger partial charge in [0.05, 0.1) is 38.3 Å². The summed E-state index contributed by atoms with van der Waals surface area (Å²) in [5, 5.41) is 0. The second-order valence-electron chi connectivity index (χ2n) is 5.14. The summed E-state index contributed by atoms with van der Waals surface area (Å²) in [4.78, 5) is 26.8. The van der Waals surface area contributed by atoms with E-state index in [9.17, 15) is 0 Å². The van der Waals surface area contributed by atoms with Gasteiger partial charge < -0.3 is 14.4 Å². The summed E-state index contributed by atoms with van der Waals surface area (Å²) in [6, 6.07) is 4.47. The van der Waals surface area contributed by atoms with E-state index in [0.29, 0.717) is 6.04 Å². The van der Waals surface area contributed by atoms with Crippen molar-refractivity contribution in [3.8, 4) is 11.5 Å². The Morgan fingerprint density at radius 3 is 2.29 bits per heavy atom. The Morgan fingerprint density at radius 2 is 1.75 bits per heavy atom. The SMILES string of the molecule is CCC1c2cc(OC)c(OC)cc2CN1c1cncnc1.O=C=O. The summed E-state index contributed by atoms with van der Waals surface area (Å²) >= 11 is 0. The Bertz CT molecular complexity index is 715. The van der Waals surface area contributed by atoms with Gasteiger partial charge in [-0.1, -0.05) is 6.92 Å². The summed E-state index contributed by atoms with van der Waals surface area (Å²) in [5.74, 6) is 1.55. The van der Waals surface area contributed by atoms with Crippen LogP contribution in [0.5, 0.6) is 11.5 Å². The summed E-state index contributed by atoms with van der Waals surface area (Å²) in [7, 11) is 3.34. The number of nitrogens with zero attached hydrogens (tertiary/aromatic N) is 3. The topological polar surface area (TPSA) is 81.6 Å². The highest BCUT2D eigenvalue weighted by molar-refractivity contribution is 5.57. The van der Waals surface area contributed by atoms with Crippen LogP contribution in [0.3, 0.4) is 0 Å². The molecular formula is C17H19N3O4. The minimum atomic E-state index is 0.250. The first-order valence-corrected chi connectivity index (χ1v) is 7.45. The van der Waals surface area contributed by atoms with E-state index in [1.807, 2.05) is 12.4 Å². The van der Waals surface area contributed by atoms with E-state index in [0.717, 1.165) is 30.2 Å². The van der Waals surface area contributed by atoms with Gasteiger partial charge in [-0.3, -0.25) is 0 Å². The van der Waals surface area contributed by atoms with Gasteiger partial charge in [0.2, 0.25) is 0 Å². The van der Waals surface area contributed by atoms with E-state index in [1.54, 1.807) is 20.5 Å². The zero-order valence-electron chi connectivity index (χ0n) is 13.9. The molecule has 1 unspecified atom stereocenters. The Balaban J connectivity index is 0.000000647. The molecular weight excluding hydrogens is 310 g/mol. The fourth-order valence-corrected chi connectivity index (χ4v) is 3.00. The molecule has 1 aromatic carbocycles. The van der Waals surface area contributed by atoms with Gasteiger partial charge >= 0.3 is 6.15 Å². The lowest BCUT2D eigenvalue weighted by Crippen LogP contribution is -2.21. The molecule has 0 amide bonds. The third-order valence-electron chi connectivity index (χ3n) is 3.99. The number of hydrogen-bond donors (Lipinski definition) is 0. The van der Waals surface area contributed by atoms with Crippen molar-refractivity contribution in [3.63, 3.8) is 0 Å². The Hall–Kier alpha value is -2.92. The van der Waals surface area contributed by atoms with Crippen molar-refractivity contribution in [1.82, 2.24) is 9.97 Å². The molecule has 2 heterocycles. The minimum absolute atomic E-state index is 0.250. The smallest absolute Gasteiger partial charge is 0.373 e. The van der Waals surface area contributed by atoms with Gasteiger partial charge in [-0.15, -0.1) is 0 Å². The molecule has 126 valence electrons. The zero-order valence-corrected chi connectivity index (χ0v) is 13.9. The number of rotatable bonds is 4. The van der Waals surface area contributed by atoms with Crippen LogP contribution in [0.4, 0.5) is 5.69 Å². The van der Waals surface area contributed by atoms with Crippen LogP contribution in [0.15, 0.2) is 30.9 Å². The Morgan fingerprint density at radius 1 is 1.17 bits per heavy atom. The molecule has 0 bridgehead atoms. The van der Waals surface area contributed by atoms with E-state index in [-0.39, 0.29) is 6.15 Å². The van der Waals surface area contributed by atoms with E-state index >= 15 is 0 Å². The lowest BCUT2D eigenvalue weighted by Gasteiger charge is -2.25. The molecule has 1 aromatic heterocycles.